The van der Waals surface area contributed by atoms with Crippen molar-refractivity contribution in [3.63, 3.8) is 0 Å². The fraction of sp³-hybridized carbons (Fsp3) is 0.333. The van der Waals surface area contributed by atoms with E-state index in [0.29, 0.717) is 12.1 Å². The Labute approximate surface area is 140 Å². The maximum absolute atomic E-state index is 12.2. The third-order valence-corrected chi connectivity index (χ3v) is 4.65. The standard InChI is InChI=1S/C18H20N4O2/c1-11-9-21(11)17(23)19-15-7-3-6-14-13(15)5-4-8-16(14)20-18(24)22-10-12(22)2/h3-8,11-12H,9-10H2,1-2H3,(H,19,23)(H,20,24)/t11-,12-,21?,22?/m1/s1. The summed E-state index contributed by atoms with van der Waals surface area (Å²) in [5, 5.41) is 7.76. The van der Waals surface area contributed by atoms with Gasteiger partial charge in [-0.25, -0.2) is 9.59 Å². The highest BCUT2D eigenvalue weighted by Crippen LogP contribution is 2.31. The molecule has 0 unspecified atom stereocenters. The number of carbonyl (C=O) groups excluding carboxylic acids is 2. The first-order valence-electron chi connectivity index (χ1n) is 8.21. The summed E-state index contributed by atoms with van der Waals surface area (Å²) >= 11 is 0. The van der Waals surface area contributed by atoms with E-state index in [0.717, 1.165) is 35.2 Å². The SMILES string of the molecule is C[C@@H]1CN1C(=O)Nc1cccc2c(NC(=O)N3C[C@H]3C)cccc12. The highest BCUT2D eigenvalue weighted by Gasteiger charge is 2.35. The Morgan fingerprint density at radius 3 is 1.54 bits per heavy atom. The highest BCUT2D eigenvalue weighted by molar-refractivity contribution is 6.09. The maximum Gasteiger partial charge on any atom is 0.322 e. The number of anilines is 2. The third-order valence-electron chi connectivity index (χ3n) is 4.65. The van der Waals surface area contributed by atoms with Crippen LogP contribution < -0.4 is 10.6 Å². The van der Waals surface area contributed by atoms with Gasteiger partial charge in [-0.15, -0.1) is 0 Å². The zero-order valence-corrected chi connectivity index (χ0v) is 13.7. The van der Waals surface area contributed by atoms with Crippen LogP contribution in [0.4, 0.5) is 21.0 Å². The van der Waals surface area contributed by atoms with Crippen molar-refractivity contribution in [1.29, 1.82) is 0 Å². The van der Waals surface area contributed by atoms with Crippen LogP contribution in [-0.2, 0) is 0 Å². The van der Waals surface area contributed by atoms with Gasteiger partial charge in [0, 0.05) is 35.9 Å². The zero-order chi connectivity index (χ0) is 16.8. The van der Waals surface area contributed by atoms with E-state index in [9.17, 15) is 9.59 Å². The first kappa shape index (κ1) is 14.8. The molecule has 0 radical (unpaired) electrons. The third kappa shape index (κ3) is 2.64. The molecule has 0 spiro atoms. The predicted molar refractivity (Wildman–Crippen MR) is 94.3 cm³/mol. The van der Waals surface area contributed by atoms with Crippen LogP contribution in [0.15, 0.2) is 36.4 Å². The molecule has 2 aromatic carbocycles. The van der Waals surface area contributed by atoms with E-state index < -0.39 is 0 Å². The fourth-order valence-corrected chi connectivity index (χ4v) is 2.94. The Hall–Kier alpha value is -2.76. The lowest BCUT2D eigenvalue weighted by Gasteiger charge is -2.13. The van der Waals surface area contributed by atoms with Crippen LogP contribution in [0.5, 0.6) is 0 Å². The van der Waals surface area contributed by atoms with Crippen molar-refractivity contribution in [1.82, 2.24) is 9.80 Å². The fourth-order valence-electron chi connectivity index (χ4n) is 2.94. The summed E-state index contributed by atoms with van der Waals surface area (Å²) in [6.07, 6.45) is 0. The van der Waals surface area contributed by atoms with E-state index in [1.54, 1.807) is 9.80 Å². The summed E-state index contributed by atoms with van der Waals surface area (Å²) in [4.78, 5) is 27.9. The first-order chi connectivity index (χ1) is 11.5. The average Bonchev–Trinajstić information content (AvgIpc) is 3.46. The summed E-state index contributed by atoms with van der Waals surface area (Å²) in [5.41, 5.74) is 1.51. The Bertz CT molecular complexity index is 766. The van der Waals surface area contributed by atoms with Gasteiger partial charge in [0.25, 0.3) is 0 Å². The van der Waals surface area contributed by atoms with Crippen LogP contribution in [0, 0.1) is 0 Å². The number of nitrogens with zero attached hydrogens (tertiary/aromatic N) is 2. The van der Waals surface area contributed by atoms with Crippen molar-refractivity contribution >= 4 is 34.2 Å². The van der Waals surface area contributed by atoms with Crippen LogP contribution in [0.1, 0.15) is 13.8 Å². The van der Waals surface area contributed by atoms with Gasteiger partial charge in [-0.3, -0.25) is 0 Å². The lowest BCUT2D eigenvalue weighted by molar-refractivity contribution is 0.239. The largest absolute Gasteiger partial charge is 0.322 e. The molecule has 4 rings (SSSR count). The van der Waals surface area contributed by atoms with Crippen LogP contribution >= 0.6 is 0 Å². The van der Waals surface area contributed by atoms with Gasteiger partial charge in [0.2, 0.25) is 0 Å². The quantitative estimate of drug-likeness (QED) is 0.832. The zero-order valence-electron chi connectivity index (χ0n) is 13.7. The van der Waals surface area contributed by atoms with Gasteiger partial charge in [0.15, 0.2) is 0 Å². The Balaban J connectivity index is 1.61. The van der Waals surface area contributed by atoms with Crippen LogP contribution in [0.3, 0.4) is 0 Å². The number of hydrogen-bond acceptors (Lipinski definition) is 2. The van der Waals surface area contributed by atoms with Crippen LogP contribution in [-0.4, -0.2) is 47.0 Å². The molecule has 24 heavy (non-hydrogen) atoms. The molecule has 2 heterocycles. The Morgan fingerprint density at radius 1 is 0.833 bits per heavy atom. The van der Waals surface area contributed by atoms with Gasteiger partial charge in [0.1, 0.15) is 0 Å². The predicted octanol–water partition coefficient (Wildman–Crippen LogP) is 3.31. The van der Waals surface area contributed by atoms with Gasteiger partial charge < -0.3 is 20.4 Å². The number of hydrogen-bond donors (Lipinski definition) is 2. The van der Waals surface area contributed by atoms with E-state index in [1.165, 1.54) is 0 Å². The molecule has 124 valence electrons. The number of carbonyl (C=O) groups is 2. The number of nitrogens with one attached hydrogen (secondary N) is 2. The minimum Gasteiger partial charge on any atom is -0.318 e. The molecule has 6 heteroatoms. The Kier molecular flexibility index (Phi) is 3.33. The second-order valence-corrected chi connectivity index (χ2v) is 6.57. The van der Waals surface area contributed by atoms with Crippen molar-refractivity contribution in [2.75, 3.05) is 23.7 Å². The summed E-state index contributed by atoms with van der Waals surface area (Å²) in [6, 6.07) is 11.9. The van der Waals surface area contributed by atoms with Crippen LogP contribution in [0.2, 0.25) is 0 Å². The average molecular weight is 324 g/mol. The minimum atomic E-state index is -0.0812. The molecular weight excluding hydrogens is 304 g/mol. The van der Waals surface area contributed by atoms with Gasteiger partial charge in [-0.1, -0.05) is 24.3 Å². The normalized spacial score (nSPS) is 21.6. The van der Waals surface area contributed by atoms with Crippen molar-refractivity contribution in [3.8, 4) is 0 Å². The number of amides is 4. The van der Waals surface area contributed by atoms with E-state index in [-0.39, 0.29) is 12.1 Å². The molecular formula is C18H20N4O2. The van der Waals surface area contributed by atoms with Gasteiger partial charge >= 0.3 is 12.1 Å². The highest BCUT2D eigenvalue weighted by atomic mass is 16.2. The molecule has 2 aliphatic rings. The molecule has 2 N–H and O–H groups in total. The van der Waals surface area contributed by atoms with Crippen molar-refractivity contribution in [2.24, 2.45) is 0 Å². The van der Waals surface area contributed by atoms with E-state index in [1.807, 2.05) is 50.2 Å². The number of urea groups is 2. The smallest absolute Gasteiger partial charge is 0.318 e. The van der Waals surface area contributed by atoms with Gasteiger partial charge in [0.05, 0.1) is 11.4 Å². The number of fused-ring (bicyclic) bond motifs is 1. The van der Waals surface area contributed by atoms with Gasteiger partial charge in [-0.2, -0.15) is 0 Å². The molecule has 2 aliphatic heterocycles. The number of rotatable bonds is 2. The van der Waals surface area contributed by atoms with Crippen molar-refractivity contribution in [3.05, 3.63) is 36.4 Å². The monoisotopic (exact) mass is 324 g/mol. The molecule has 2 saturated heterocycles. The lowest BCUT2D eigenvalue weighted by atomic mass is 10.1. The van der Waals surface area contributed by atoms with E-state index >= 15 is 0 Å². The maximum atomic E-state index is 12.2. The molecule has 2 aromatic rings. The molecule has 0 bridgehead atoms. The molecule has 0 aliphatic carbocycles. The minimum absolute atomic E-state index is 0.0812. The molecule has 0 saturated carbocycles. The summed E-state index contributed by atoms with van der Waals surface area (Å²) < 4.78 is 0. The second-order valence-electron chi connectivity index (χ2n) is 6.57. The molecule has 4 amide bonds. The first-order valence-corrected chi connectivity index (χ1v) is 8.21. The topological polar surface area (TPSA) is 64.2 Å². The number of benzene rings is 2. The van der Waals surface area contributed by atoms with E-state index in [2.05, 4.69) is 10.6 Å². The van der Waals surface area contributed by atoms with Gasteiger partial charge in [-0.05, 0) is 26.0 Å². The molecule has 0 aromatic heterocycles. The van der Waals surface area contributed by atoms with Crippen molar-refractivity contribution < 1.29 is 9.59 Å². The van der Waals surface area contributed by atoms with E-state index in [4.69, 9.17) is 0 Å². The lowest BCUT2D eigenvalue weighted by Crippen LogP contribution is -2.21. The van der Waals surface area contributed by atoms with Crippen molar-refractivity contribution in [2.45, 2.75) is 25.9 Å². The molecule has 2 atom stereocenters. The molecule has 2 fully saturated rings. The second kappa shape index (κ2) is 5.40. The molecule has 6 nitrogen and oxygen atoms in total. The Morgan fingerprint density at radius 2 is 1.21 bits per heavy atom. The summed E-state index contributed by atoms with van der Waals surface area (Å²) in [7, 11) is 0. The van der Waals surface area contributed by atoms with Crippen LogP contribution in [0.25, 0.3) is 10.8 Å². The summed E-state index contributed by atoms with van der Waals surface area (Å²) in [5.74, 6) is 0. The summed E-state index contributed by atoms with van der Waals surface area (Å²) in [6.45, 7) is 5.63.